The second-order valence-electron chi connectivity index (χ2n) is 5.60. The number of hydrogen-bond acceptors (Lipinski definition) is 5. The lowest BCUT2D eigenvalue weighted by Gasteiger charge is -2.13. The summed E-state index contributed by atoms with van der Waals surface area (Å²) in [5.74, 6) is -1.38. The summed E-state index contributed by atoms with van der Waals surface area (Å²) in [5, 5.41) is 12.7. The molecule has 0 spiro atoms. The lowest BCUT2D eigenvalue weighted by atomic mass is 10.0. The molecule has 0 aliphatic rings. The molecule has 1 aromatic carbocycles. The number of aromatic nitrogens is 4. The van der Waals surface area contributed by atoms with Crippen LogP contribution in [-0.4, -0.2) is 39.2 Å². The summed E-state index contributed by atoms with van der Waals surface area (Å²) in [7, 11) is 1.29. The zero-order chi connectivity index (χ0) is 22.0. The van der Waals surface area contributed by atoms with E-state index in [1.54, 1.807) is 0 Å². The van der Waals surface area contributed by atoms with Crippen molar-refractivity contribution in [1.29, 1.82) is 0 Å². The molecule has 158 valence electrons. The van der Waals surface area contributed by atoms with Crippen molar-refractivity contribution < 1.29 is 35.9 Å². The maximum atomic E-state index is 12.9. The maximum absolute atomic E-state index is 12.9. The molecule has 1 unspecified atom stereocenters. The highest BCUT2D eigenvalue weighted by molar-refractivity contribution is 5.83. The molecule has 9 nitrogen and oxygen atoms in total. The number of carbonyl (C=O) groups is 2. The average molecular weight is 425 g/mol. The number of alkyl halides is 6. The van der Waals surface area contributed by atoms with Crippen molar-refractivity contribution in [2.75, 3.05) is 7.05 Å². The fourth-order valence-electron chi connectivity index (χ4n) is 1.98. The molecular weight excluding hydrogens is 412 g/mol. The van der Waals surface area contributed by atoms with Crippen LogP contribution >= 0.6 is 0 Å². The predicted molar refractivity (Wildman–Crippen MR) is 83.7 cm³/mol. The molecule has 3 N–H and O–H groups in total. The maximum Gasteiger partial charge on any atom is 0.416 e. The highest BCUT2D eigenvalue weighted by Gasteiger charge is 2.37. The summed E-state index contributed by atoms with van der Waals surface area (Å²) in [6.45, 7) is 1.26. The fourth-order valence-corrected chi connectivity index (χ4v) is 1.98. The van der Waals surface area contributed by atoms with E-state index in [0.717, 1.165) is 0 Å². The van der Waals surface area contributed by atoms with Crippen molar-refractivity contribution in [2.45, 2.75) is 25.3 Å². The minimum atomic E-state index is -5.04. The molecule has 0 aliphatic carbocycles. The zero-order valence-electron chi connectivity index (χ0n) is 14.7. The first kappa shape index (κ1) is 21.9. The SMILES string of the molecule is CNC(=O)NNC(=O)C(C)n1nnc(-c2cc(C(F)(F)F)cc(C(F)(F)F)c2)n1. The van der Waals surface area contributed by atoms with Gasteiger partial charge in [0.05, 0.1) is 11.1 Å². The van der Waals surface area contributed by atoms with Gasteiger partial charge in [0.25, 0.3) is 5.91 Å². The highest BCUT2D eigenvalue weighted by Crippen LogP contribution is 2.37. The molecule has 1 atom stereocenters. The molecule has 0 radical (unpaired) electrons. The molecule has 2 aromatic rings. The Morgan fingerprint density at radius 3 is 2.03 bits per heavy atom. The second kappa shape index (κ2) is 7.92. The molecule has 3 amide bonds. The molecular formula is C14H13F6N7O2. The van der Waals surface area contributed by atoms with Crippen LogP contribution in [0.15, 0.2) is 18.2 Å². The van der Waals surface area contributed by atoms with Crippen LogP contribution in [0.2, 0.25) is 0 Å². The van der Waals surface area contributed by atoms with Crippen molar-refractivity contribution >= 4 is 11.9 Å². The van der Waals surface area contributed by atoms with E-state index in [9.17, 15) is 35.9 Å². The van der Waals surface area contributed by atoms with Crippen LogP contribution in [0.3, 0.4) is 0 Å². The number of hydrazine groups is 1. The van der Waals surface area contributed by atoms with Crippen LogP contribution in [-0.2, 0) is 17.1 Å². The third-order valence-electron chi connectivity index (χ3n) is 3.53. The van der Waals surface area contributed by atoms with E-state index >= 15 is 0 Å². The number of nitrogens with zero attached hydrogens (tertiary/aromatic N) is 4. The van der Waals surface area contributed by atoms with Gasteiger partial charge in [-0.25, -0.2) is 10.2 Å². The smallest absolute Gasteiger partial charge is 0.340 e. The van der Waals surface area contributed by atoms with Gasteiger partial charge in [-0.15, -0.1) is 10.2 Å². The Morgan fingerprint density at radius 1 is 1.00 bits per heavy atom. The largest absolute Gasteiger partial charge is 0.416 e. The van der Waals surface area contributed by atoms with Gasteiger partial charge in [-0.1, -0.05) is 0 Å². The van der Waals surface area contributed by atoms with Gasteiger partial charge in [-0.05, 0) is 30.3 Å². The van der Waals surface area contributed by atoms with Gasteiger partial charge < -0.3 is 5.32 Å². The van der Waals surface area contributed by atoms with Crippen LogP contribution < -0.4 is 16.2 Å². The average Bonchev–Trinajstić information content (AvgIpc) is 3.13. The summed E-state index contributed by atoms with van der Waals surface area (Å²) >= 11 is 0. The number of hydrogen-bond donors (Lipinski definition) is 3. The van der Waals surface area contributed by atoms with Crippen LogP contribution in [0.1, 0.15) is 24.1 Å². The summed E-state index contributed by atoms with van der Waals surface area (Å²) in [6, 6.07) is -1.08. The molecule has 1 aromatic heterocycles. The third-order valence-corrected chi connectivity index (χ3v) is 3.53. The second-order valence-corrected chi connectivity index (χ2v) is 5.60. The van der Waals surface area contributed by atoms with Gasteiger partial charge in [0.15, 0.2) is 6.04 Å². The van der Waals surface area contributed by atoms with Crippen LogP contribution in [0.4, 0.5) is 31.1 Å². The Bertz CT molecular complexity index is 876. The monoisotopic (exact) mass is 425 g/mol. The van der Waals surface area contributed by atoms with Gasteiger partial charge in [-0.2, -0.15) is 31.1 Å². The number of halogens is 6. The van der Waals surface area contributed by atoms with Gasteiger partial charge in [-0.3, -0.25) is 10.2 Å². The summed E-state index contributed by atoms with van der Waals surface area (Å²) in [6.07, 6.45) is -10.1. The molecule has 0 fully saturated rings. The Kier molecular flexibility index (Phi) is 5.98. The lowest BCUT2D eigenvalue weighted by molar-refractivity contribution is -0.143. The summed E-state index contributed by atoms with van der Waals surface area (Å²) in [5.41, 5.74) is 0.319. The molecule has 0 saturated heterocycles. The topological polar surface area (TPSA) is 114 Å². The molecule has 2 rings (SSSR count). The first-order valence-corrected chi connectivity index (χ1v) is 7.70. The van der Waals surface area contributed by atoms with E-state index < -0.39 is 52.8 Å². The van der Waals surface area contributed by atoms with Crippen molar-refractivity contribution in [3.63, 3.8) is 0 Å². The van der Waals surface area contributed by atoms with E-state index in [1.807, 2.05) is 10.9 Å². The standard InChI is InChI=1S/C14H13F6N7O2/c1-6(11(28)23-24-12(29)21-2)27-25-10(22-26-27)7-3-8(13(15,16)17)5-9(4-7)14(18,19)20/h3-6H,1-2H3,(H,23,28)(H2,21,24,29). The Balaban J connectivity index is 2.34. The zero-order valence-corrected chi connectivity index (χ0v) is 14.7. The molecule has 0 aliphatic heterocycles. The number of tetrazole rings is 1. The molecule has 0 saturated carbocycles. The van der Waals surface area contributed by atoms with Gasteiger partial charge in [0, 0.05) is 12.6 Å². The van der Waals surface area contributed by atoms with E-state index in [2.05, 4.69) is 20.7 Å². The number of benzene rings is 1. The molecule has 15 heteroatoms. The van der Waals surface area contributed by atoms with Crippen molar-refractivity contribution in [3.05, 3.63) is 29.3 Å². The Morgan fingerprint density at radius 2 is 1.55 bits per heavy atom. The third kappa shape index (κ3) is 5.32. The first-order valence-electron chi connectivity index (χ1n) is 7.70. The highest BCUT2D eigenvalue weighted by atomic mass is 19.4. The minimum Gasteiger partial charge on any atom is -0.340 e. The first-order chi connectivity index (χ1) is 13.3. The van der Waals surface area contributed by atoms with Gasteiger partial charge in [0.2, 0.25) is 5.82 Å². The predicted octanol–water partition coefficient (Wildman–Crippen LogP) is 1.90. The number of urea groups is 1. The quantitative estimate of drug-likeness (QED) is 0.514. The van der Waals surface area contributed by atoms with Crippen molar-refractivity contribution in [2.24, 2.45) is 0 Å². The number of carbonyl (C=O) groups excluding carboxylic acids is 2. The van der Waals surface area contributed by atoms with Crippen molar-refractivity contribution in [1.82, 2.24) is 36.4 Å². The van der Waals surface area contributed by atoms with E-state index in [1.165, 1.54) is 14.0 Å². The van der Waals surface area contributed by atoms with E-state index in [0.29, 0.717) is 16.9 Å². The van der Waals surface area contributed by atoms with Crippen LogP contribution in [0, 0.1) is 0 Å². The molecule has 0 bridgehead atoms. The Labute approximate surface area is 158 Å². The Hall–Kier alpha value is -3.39. The summed E-state index contributed by atoms with van der Waals surface area (Å²) in [4.78, 5) is 23.6. The fraction of sp³-hybridized carbons (Fsp3) is 0.357. The number of rotatable bonds is 3. The lowest BCUT2D eigenvalue weighted by Crippen LogP contribution is -2.48. The number of amides is 3. The minimum absolute atomic E-state index is 0.0333. The number of nitrogens with one attached hydrogen (secondary N) is 3. The normalized spacial score (nSPS) is 13.0. The van der Waals surface area contributed by atoms with Crippen LogP contribution in [0.25, 0.3) is 11.4 Å². The van der Waals surface area contributed by atoms with Gasteiger partial charge >= 0.3 is 18.4 Å². The van der Waals surface area contributed by atoms with Crippen molar-refractivity contribution in [3.8, 4) is 11.4 Å². The van der Waals surface area contributed by atoms with E-state index in [4.69, 9.17) is 0 Å². The van der Waals surface area contributed by atoms with E-state index in [-0.39, 0.29) is 6.07 Å². The molecule has 29 heavy (non-hydrogen) atoms. The van der Waals surface area contributed by atoms with Crippen LogP contribution in [0.5, 0.6) is 0 Å². The summed E-state index contributed by atoms with van der Waals surface area (Å²) < 4.78 is 77.7. The molecule has 1 heterocycles. The van der Waals surface area contributed by atoms with Gasteiger partial charge in [0.1, 0.15) is 0 Å².